The van der Waals surface area contributed by atoms with Gasteiger partial charge in [-0.1, -0.05) is 30.4 Å². The van der Waals surface area contributed by atoms with E-state index in [1.165, 1.54) is 24.3 Å². The van der Waals surface area contributed by atoms with Crippen LogP contribution in [0, 0.1) is 5.82 Å². The van der Waals surface area contributed by atoms with Gasteiger partial charge in [0.25, 0.3) is 5.91 Å². The highest BCUT2D eigenvalue weighted by Gasteiger charge is 2.14. The lowest BCUT2D eigenvalue weighted by atomic mass is 10.1. The molecular formula is C20H19FN4O2S. The first kappa shape index (κ1) is 19.6. The van der Waals surface area contributed by atoms with E-state index < -0.39 is 5.91 Å². The molecule has 1 heterocycles. The van der Waals surface area contributed by atoms with Crippen LogP contribution in [0.5, 0.6) is 0 Å². The van der Waals surface area contributed by atoms with Crippen LogP contribution < -0.4 is 10.6 Å². The summed E-state index contributed by atoms with van der Waals surface area (Å²) in [6.07, 6.45) is 1.53. The summed E-state index contributed by atoms with van der Waals surface area (Å²) in [6, 6.07) is 13.2. The van der Waals surface area contributed by atoms with Gasteiger partial charge < -0.3 is 10.6 Å². The van der Waals surface area contributed by atoms with Gasteiger partial charge in [0, 0.05) is 24.2 Å². The van der Waals surface area contributed by atoms with Crippen LogP contribution in [0.4, 0.5) is 15.8 Å². The van der Waals surface area contributed by atoms with Gasteiger partial charge in [-0.15, -0.1) is 10.2 Å². The van der Waals surface area contributed by atoms with Crippen molar-refractivity contribution in [2.45, 2.75) is 26.2 Å². The molecule has 0 atom stereocenters. The zero-order valence-corrected chi connectivity index (χ0v) is 16.1. The standard InChI is InChI=1S/C20H19FN4O2S/c1-2-13-4-3-5-16(12-13)22-17(26)10-11-18-24-25-20(28-18)19(27)23-15-8-6-14(21)7-9-15/h3-9,12H,2,10-11H2,1H3,(H,22,26)(H,23,27). The van der Waals surface area contributed by atoms with Crippen LogP contribution in [0.2, 0.25) is 0 Å². The Bertz CT molecular complexity index is 972. The van der Waals surface area contributed by atoms with Gasteiger partial charge in [0.1, 0.15) is 10.8 Å². The van der Waals surface area contributed by atoms with Crippen molar-refractivity contribution in [2.75, 3.05) is 10.6 Å². The van der Waals surface area contributed by atoms with Gasteiger partial charge in [-0.2, -0.15) is 0 Å². The molecule has 1 aromatic heterocycles. The number of aryl methyl sites for hydroxylation is 2. The number of rotatable bonds is 7. The maximum atomic E-state index is 12.9. The summed E-state index contributed by atoms with van der Waals surface area (Å²) >= 11 is 1.13. The first-order valence-electron chi connectivity index (χ1n) is 8.81. The fourth-order valence-electron chi connectivity index (χ4n) is 2.48. The Balaban J connectivity index is 1.51. The summed E-state index contributed by atoms with van der Waals surface area (Å²) < 4.78 is 12.9. The van der Waals surface area contributed by atoms with Crippen molar-refractivity contribution in [3.05, 3.63) is 69.9 Å². The van der Waals surface area contributed by atoms with Crippen LogP contribution in [0.15, 0.2) is 48.5 Å². The zero-order valence-electron chi connectivity index (χ0n) is 15.2. The quantitative estimate of drug-likeness (QED) is 0.629. The van der Waals surface area contributed by atoms with E-state index in [1.54, 1.807) is 0 Å². The zero-order chi connectivity index (χ0) is 19.9. The molecule has 28 heavy (non-hydrogen) atoms. The molecular weight excluding hydrogens is 379 g/mol. The predicted octanol–water partition coefficient (Wildman–Crippen LogP) is 4.06. The van der Waals surface area contributed by atoms with E-state index >= 15 is 0 Å². The molecule has 3 rings (SSSR count). The second kappa shape index (κ2) is 9.18. The van der Waals surface area contributed by atoms with Crippen molar-refractivity contribution < 1.29 is 14.0 Å². The normalized spacial score (nSPS) is 10.5. The SMILES string of the molecule is CCc1cccc(NC(=O)CCc2nnc(C(=O)Nc3ccc(F)cc3)s2)c1. The van der Waals surface area contributed by atoms with E-state index in [4.69, 9.17) is 0 Å². The van der Waals surface area contributed by atoms with Gasteiger partial charge in [0.2, 0.25) is 10.9 Å². The molecule has 2 amide bonds. The van der Waals surface area contributed by atoms with Crippen LogP contribution >= 0.6 is 11.3 Å². The predicted molar refractivity (Wildman–Crippen MR) is 107 cm³/mol. The van der Waals surface area contributed by atoms with E-state index in [1.807, 2.05) is 24.3 Å². The van der Waals surface area contributed by atoms with Gasteiger partial charge in [-0.25, -0.2) is 4.39 Å². The summed E-state index contributed by atoms with van der Waals surface area (Å²) in [7, 11) is 0. The van der Waals surface area contributed by atoms with E-state index in [9.17, 15) is 14.0 Å². The summed E-state index contributed by atoms with van der Waals surface area (Å²) in [4.78, 5) is 24.3. The minimum absolute atomic E-state index is 0.124. The van der Waals surface area contributed by atoms with Crippen molar-refractivity contribution in [1.82, 2.24) is 10.2 Å². The van der Waals surface area contributed by atoms with Crippen molar-refractivity contribution in [2.24, 2.45) is 0 Å². The van der Waals surface area contributed by atoms with Crippen molar-refractivity contribution in [1.29, 1.82) is 0 Å². The Morgan fingerprint density at radius 2 is 1.82 bits per heavy atom. The number of hydrogen-bond acceptors (Lipinski definition) is 5. The third-order valence-electron chi connectivity index (χ3n) is 3.95. The van der Waals surface area contributed by atoms with Gasteiger partial charge in [0.15, 0.2) is 0 Å². The average molecular weight is 398 g/mol. The van der Waals surface area contributed by atoms with Crippen LogP contribution in [-0.4, -0.2) is 22.0 Å². The first-order chi connectivity index (χ1) is 13.5. The maximum absolute atomic E-state index is 12.9. The molecule has 2 N–H and O–H groups in total. The molecule has 0 spiro atoms. The molecule has 0 aliphatic rings. The van der Waals surface area contributed by atoms with Crippen LogP contribution in [0.3, 0.4) is 0 Å². The van der Waals surface area contributed by atoms with Crippen LogP contribution in [-0.2, 0) is 17.6 Å². The largest absolute Gasteiger partial charge is 0.326 e. The Kier molecular flexibility index (Phi) is 6.44. The Labute approximate surface area is 165 Å². The fourth-order valence-corrected chi connectivity index (χ4v) is 3.21. The van der Waals surface area contributed by atoms with Gasteiger partial charge >= 0.3 is 0 Å². The van der Waals surface area contributed by atoms with Crippen LogP contribution in [0.1, 0.15) is 33.7 Å². The van der Waals surface area contributed by atoms with Crippen LogP contribution in [0.25, 0.3) is 0 Å². The number of carbonyl (C=O) groups excluding carboxylic acids is 2. The number of aromatic nitrogens is 2. The number of hydrogen-bond donors (Lipinski definition) is 2. The highest BCUT2D eigenvalue weighted by molar-refractivity contribution is 7.13. The molecule has 0 bridgehead atoms. The minimum Gasteiger partial charge on any atom is -0.326 e. The number of carbonyl (C=O) groups is 2. The molecule has 3 aromatic rings. The molecule has 0 aliphatic heterocycles. The topological polar surface area (TPSA) is 84.0 Å². The lowest BCUT2D eigenvalue weighted by Crippen LogP contribution is -2.12. The molecule has 2 aromatic carbocycles. The number of nitrogens with zero attached hydrogens (tertiary/aromatic N) is 2. The van der Waals surface area contributed by atoms with Gasteiger partial charge in [-0.3, -0.25) is 9.59 Å². The van der Waals surface area contributed by atoms with Crippen molar-refractivity contribution in [3.63, 3.8) is 0 Å². The van der Waals surface area contributed by atoms with E-state index in [2.05, 4.69) is 27.8 Å². The van der Waals surface area contributed by atoms with Gasteiger partial charge in [0.05, 0.1) is 0 Å². The second-order valence-corrected chi connectivity index (χ2v) is 7.13. The molecule has 0 aliphatic carbocycles. The summed E-state index contributed by atoms with van der Waals surface area (Å²) in [5.74, 6) is -0.923. The Morgan fingerprint density at radius 1 is 1.04 bits per heavy atom. The smallest absolute Gasteiger partial charge is 0.286 e. The lowest BCUT2D eigenvalue weighted by Gasteiger charge is -2.05. The van der Waals surface area contributed by atoms with E-state index in [-0.39, 0.29) is 23.2 Å². The summed E-state index contributed by atoms with van der Waals surface area (Å²) in [5.41, 5.74) is 2.39. The number of benzene rings is 2. The minimum atomic E-state index is -0.420. The third-order valence-corrected chi connectivity index (χ3v) is 4.93. The van der Waals surface area contributed by atoms with E-state index in [0.29, 0.717) is 17.1 Å². The van der Waals surface area contributed by atoms with Crippen molar-refractivity contribution in [3.8, 4) is 0 Å². The third kappa shape index (κ3) is 5.43. The number of nitrogens with one attached hydrogen (secondary N) is 2. The average Bonchev–Trinajstić information content (AvgIpc) is 3.17. The van der Waals surface area contributed by atoms with Crippen molar-refractivity contribution >= 4 is 34.5 Å². The number of anilines is 2. The monoisotopic (exact) mass is 398 g/mol. The summed E-state index contributed by atoms with van der Waals surface area (Å²) in [5, 5.41) is 14.1. The van der Waals surface area contributed by atoms with Gasteiger partial charge in [-0.05, 0) is 48.4 Å². The number of amides is 2. The molecule has 144 valence electrons. The molecule has 0 radical (unpaired) electrons. The molecule has 0 unspecified atom stereocenters. The first-order valence-corrected chi connectivity index (χ1v) is 9.63. The molecule has 6 nitrogen and oxygen atoms in total. The summed E-state index contributed by atoms with van der Waals surface area (Å²) in [6.45, 7) is 2.06. The highest BCUT2D eigenvalue weighted by atomic mass is 32.1. The second-order valence-electron chi connectivity index (χ2n) is 6.06. The Hall–Kier alpha value is -3.13. The lowest BCUT2D eigenvalue weighted by molar-refractivity contribution is -0.116. The Morgan fingerprint density at radius 3 is 2.57 bits per heavy atom. The highest BCUT2D eigenvalue weighted by Crippen LogP contribution is 2.16. The maximum Gasteiger partial charge on any atom is 0.286 e. The van der Waals surface area contributed by atoms with E-state index in [0.717, 1.165) is 29.0 Å². The molecule has 8 heteroatoms. The fraction of sp³-hybridized carbons (Fsp3) is 0.200. The molecule has 0 fully saturated rings. The molecule has 0 saturated heterocycles. The number of halogens is 1. The molecule has 0 saturated carbocycles.